The van der Waals surface area contributed by atoms with Crippen molar-refractivity contribution in [3.63, 3.8) is 0 Å². The van der Waals surface area contributed by atoms with Gasteiger partial charge in [-0.15, -0.1) is 0 Å². The molecule has 0 atom stereocenters. The molecule has 0 aliphatic heterocycles. The van der Waals surface area contributed by atoms with Crippen molar-refractivity contribution in [3.8, 4) is 0 Å². The summed E-state index contributed by atoms with van der Waals surface area (Å²) in [5, 5.41) is 1.01. The molecule has 0 heterocycles. The Morgan fingerprint density at radius 1 is 1.05 bits per heavy atom. The van der Waals surface area contributed by atoms with E-state index in [1.807, 2.05) is 0 Å². The molecular formula is C10H6F8N2O. The lowest BCUT2D eigenvalue weighted by Gasteiger charge is -2.22. The summed E-state index contributed by atoms with van der Waals surface area (Å²) in [5.41, 5.74) is 3.05. The smallest absolute Gasteiger partial charge is 0.397 e. The van der Waals surface area contributed by atoms with E-state index in [0.29, 0.717) is 12.1 Å². The van der Waals surface area contributed by atoms with Crippen LogP contribution in [0.15, 0.2) is 12.1 Å². The molecule has 1 amide bonds. The van der Waals surface area contributed by atoms with Crippen LogP contribution in [0.5, 0.6) is 0 Å². The van der Waals surface area contributed by atoms with Crippen LogP contribution in [0.3, 0.4) is 0 Å². The maximum atomic E-state index is 13.2. The number of hydrogen-bond acceptors (Lipinski definition) is 2. The van der Waals surface area contributed by atoms with Gasteiger partial charge in [-0.1, -0.05) is 0 Å². The van der Waals surface area contributed by atoms with Crippen LogP contribution >= 0.6 is 0 Å². The molecule has 1 aromatic rings. The molecule has 118 valence electrons. The third kappa shape index (κ3) is 3.73. The third-order valence-electron chi connectivity index (χ3n) is 2.29. The third-order valence-corrected chi connectivity index (χ3v) is 2.29. The molecule has 0 bridgehead atoms. The summed E-state index contributed by atoms with van der Waals surface area (Å²) in [5.74, 6) is -10.5. The van der Waals surface area contributed by atoms with Crippen LogP contribution in [0.2, 0.25) is 0 Å². The first-order chi connectivity index (χ1) is 9.35. The molecular weight excluding hydrogens is 316 g/mol. The molecule has 0 aliphatic carbocycles. The quantitative estimate of drug-likeness (QED) is 0.649. The standard InChI is InChI=1S/C10H6F8N2O/c11-3-1-2-4(19)6(5(3)12)20-8(21)7(9(13,14)15)10(16,17)18/h1-2,7H,19H2,(H,20,21). The normalized spacial score (nSPS) is 12.6. The highest BCUT2D eigenvalue weighted by molar-refractivity contribution is 5.96. The van der Waals surface area contributed by atoms with Gasteiger partial charge in [0.1, 0.15) is 5.69 Å². The van der Waals surface area contributed by atoms with E-state index in [2.05, 4.69) is 0 Å². The van der Waals surface area contributed by atoms with Crippen molar-refractivity contribution in [1.29, 1.82) is 0 Å². The summed E-state index contributed by atoms with van der Waals surface area (Å²) >= 11 is 0. The van der Waals surface area contributed by atoms with Crippen molar-refractivity contribution in [2.45, 2.75) is 12.4 Å². The molecule has 3 nitrogen and oxygen atoms in total. The SMILES string of the molecule is Nc1ccc(F)c(F)c1NC(=O)C(C(F)(F)F)C(F)(F)F. The summed E-state index contributed by atoms with van der Waals surface area (Å²) < 4.78 is 99.7. The maximum absolute atomic E-state index is 13.2. The second-order valence-electron chi connectivity index (χ2n) is 3.83. The van der Waals surface area contributed by atoms with Gasteiger partial charge in [-0.2, -0.15) is 26.3 Å². The van der Waals surface area contributed by atoms with Crippen molar-refractivity contribution in [2.75, 3.05) is 11.1 Å². The van der Waals surface area contributed by atoms with E-state index in [4.69, 9.17) is 5.73 Å². The molecule has 3 N–H and O–H groups in total. The number of nitrogens with two attached hydrogens (primary N) is 1. The summed E-state index contributed by atoms with van der Waals surface area (Å²) in [7, 11) is 0. The van der Waals surface area contributed by atoms with Crippen LogP contribution in [-0.4, -0.2) is 18.3 Å². The number of halogens is 8. The predicted octanol–water partition coefficient (Wildman–Crippen LogP) is 3.23. The number of rotatable bonds is 2. The molecule has 0 saturated carbocycles. The molecule has 0 fully saturated rings. The Morgan fingerprint density at radius 3 is 1.95 bits per heavy atom. The first-order valence-electron chi connectivity index (χ1n) is 5.03. The Morgan fingerprint density at radius 2 is 1.52 bits per heavy atom. The van der Waals surface area contributed by atoms with Crippen molar-refractivity contribution in [1.82, 2.24) is 0 Å². The van der Waals surface area contributed by atoms with Crippen LogP contribution in [0.4, 0.5) is 46.5 Å². The number of nitrogens with one attached hydrogen (secondary N) is 1. The molecule has 0 saturated heterocycles. The number of carbonyl (C=O) groups is 1. The molecule has 0 aliphatic rings. The second-order valence-corrected chi connectivity index (χ2v) is 3.83. The fraction of sp³-hybridized carbons (Fsp3) is 0.300. The van der Waals surface area contributed by atoms with Gasteiger partial charge in [0.05, 0.1) is 5.69 Å². The lowest BCUT2D eigenvalue weighted by Crippen LogP contribution is -2.45. The minimum absolute atomic E-state index is 0.491. The van der Waals surface area contributed by atoms with Crippen molar-refractivity contribution in [3.05, 3.63) is 23.8 Å². The minimum atomic E-state index is -5.96. The first-order valence-corrected chi connectivity index (χ1v) is 5.03. The van der Waals surface area contributed by atoms with E-state index < -0.39 is 47.2 Å². The molecule has 0 spiro atoms. The van der Waals surface area contributed by atoms with Gasteiger partial charge in [-0.25, -0.2) is 8.78 Å². The van der Waals surface area contributed by atoms with Crippen molar-refractivity contribution < 1.29 is 39.9 Å². The van der Waals surface area contributed by atoms with E-state index in [1.54, 1.807) is 0 Å². The Bertz CT molecular complexity index is 537. The highest BCUT2D eigenvalue weighted by Gasteiger charge is 2.61. The Labute approximate surface area is 111 Å². The number of carbonyl (C=O) groups excluding carboxylic acids is 1. The second kappa shape index (κ2) is 5.37. The van der Waals surface area contributed by atoms with Crippen LogP contribution < -0.4 is 11.1 Å². The number of anilines is 2. The van der Waals surface area contributed by atoms with Gasteiger partial charge in [0.2, 0.25) is 11.8 Å². The largest absolute Gasteiger partial charge is 0.409 e. The van der Waals surface area contributed by atoms with Crippen LogP contribution in [-0.2, 0) is 4.79 Å². The number of hydrogen-bond donors (Lipinski definition) is 2. The monoisotopic (exact) mass is 322 g/mol. The van der Waals surface area contributed by atoms with Gasteiger partial charge in [0.15, 0.2) is 11.6 Å². The van der Waals surface area contributed by atoms with Gasteiger partial charge in [0.25, 0.3) is 0 Å². The van der Waals surface area contributed by atoms with E-state index in [1.165, 1.54) is 0 Å². The summed E-state index contributed by atoms with van der Waals surface area (Å²) in [6.45, 7) is 0. The van der Waals surface area contributed by atoms with E-state index >= 15 is 0 Å². The van der Waals surface area contributed by atoms with Gasteiger partial charge < -0.3 is 11.1 Å². The zero-order valence-corrected chi connectivity index (χ0v) is 9.74. The summed E-state index contributed by atoms with van der Waals surface area (Å²) in [6, 6.07) is 1.16. The Hall–Kier alpha value is -2.07. The van der Waals surface area contributed by atoms with Gasteiger partial charge >= 0.3 is 12.4 Å². The van der Waals surface area contributed by atoms with Gasteiger partial charge in [0, 0.05) is 0 Å². The Kier molecular flexibility index (Phi) is 4.34. The number of amides is 1. The minimum Gasteiger partial charge on any atom is -0.397 e. The van der Waals surface area contributed by atoms with Gasteiger partial charge in [-0.05, 0) is 12.1 Å². The van der Waals surface area contributed by atoms with Crippen LogP contribution in [0, 0.1) is 17.6 Å². The van der Waals surface area contributed by atoms with Crippen LogP contribution in [0.25, 0.3) is 0 Å². The average Bonchev–Trinajstić information content (AvgIpc) is 2.25. The molecule has 21 heavy (non-hydrogen) atoms. The number of nitrogen functional groups attached to an aromatic ring is 1. The maximum Gasteiger partial charge on any atom is 0.409 e. The zero-order valence-electron chi connectivity index (χ0n) is 9.74. The molecule has 0 radical (unpaired) electrons. The van der Waals surface area contributed by atoms with E-state index in [-0.39, 0.29) is 0 Å². The van der Waals surface area contributed by atoms with E-state index in [9.17, 15) is 39.9 Å². The highest BCUT2D eigenvalue weighted by atomic mass is 19.4. The Balaban J connectivity index is 3.18. The lowest BCUT2D eigenvalue weighted by atomic mass is 10.1. The van der Waals surface area contributed by atoms with Crippen molar-refractivity contribution in [2.24, 2.45) is 5.92 Å². The van der Waals surface area contributed by atoms with Crippen molar-refractivity contribution >= 4 is 17.3 Å². The van der Waals surface area contributed by atoms with Gasteiger partial charge in [-0.3, -0.25) is 4.79 Å². The highest BCUT2D eigenvalue weighted by Crippen LogP contribution is 2.40. The topological polar surface area (TPSA) is 55.1 Å². The van der Waals surface area contributed by atoms with E-state index in [0.717, 1.165) is 5.32 Å². The number of benzene rings is 1. The number of alkyl halides is 6. The average molecular weight is 322 g/mol. The molecule has 11 heteroatoms. The predicted molar refractivity (Wildman–Crippen MR) is 55.0 cm³/mol. The summed E-state index contributed by atoms with van der Waals surface area (Å²) in [4.78, 5) is 11.1. The fourth-order valence-corrected chi connectivity index (χ4v) is 1.37. The molecule has 1 rings (SSSR count). The molecule has 0 aromatic heterocycles. The summed E-state index contributed by atoms with van der Waals surface area (Å²) in [6.07, 6.45) is -11.9. The first kappa shape index (κ1) is 17.0. The molecule has 1 aromatic carbocycles. The fourth-order valence-electron chi connectivity index (χ4n) is 1.37. The van der Waals surface area contributed by atoms with Crippen LogP contribution in [0.1, 0.15) is 0 Å². The molecule has 0 unspecified atom stereocenters. The lowest BCUT2D eigenvalue weighted by molar-refractivity contribution is -0.272. The zero-order chi connectivity index (χ0) is 16.6.